The lowest BCUT2D eigenvalue weighted by atomic mass is 9.98. The van der Waals surface area contributed by atoms with E-state index in [1.807, 2.05) is 67.6 Å². The molecule has 39 heavy (non-hydrogen) atoms. The van der Waals surface area contributed by atoms with Crippen molar-refractivity contribution in [3.8, 4) is 16.9 Å². The van der Waals surface area contributed by atoms with E-state index in [4.69, 9.17) is 9.84 Å². The fourth-order valence-corrected chi connectivity index (χ4v) is 4.77. The molecule has 0 bridgehead atoms. The van der Waals surface area contributed by atoms with E-state index in [0.717, 1.165) is 42.9 Å². The number of carbonyl (C=O) groups excluding carboxylic acids is 1. The van der Waals surface area contributed by atoms with Gasteiger partial charge in [-0.3, -0.25) is 4.79 Å². The van der Waals surface area contributed by atoms with Crippen molar-refractivity contribution in [1.82, 2.24) is 4.98 Å². The highest BCUT2D eigenvalue weighted by atomic mass is 16.5. The minimum Gasteiger partial charge on any atom is -0.493 e. The van der Waals surface area contributed by atoms with Crippen molar-refractivity contribution in [2.45, 2.75) is 19.8 Å². The lowest BCUT2D eigenvalue weighted by Crippen LogP contribution is -2.36. The summed E-state index contributed by atoms with van der Waals surface area (Å²) in [5.41, 5.74) is 4.55. The Morgan fingerprint density at radius 2 is 1.74 bits per heavy atom. The van der Waals surface area contributed by atoms with Gasteiger partial charge in [0.1, 0.15) is 11.6 Å². The predicted octanol–water partition coefficient (Wildman–Crippen LogP) is 6.30. The van der Waals surface area contributed by atoms with Crippen LogP contribution in [0.5, 0.6) is 5.75 Å². The van der Waals surface area contributed by atoms with E-state index in [-0.39, 0.29) is 11.5 Å². The van der Waals surface area contributed by atoms with Crippen molar-refractivity contribution < 1.29 is 19.4 Å². The number of carboxylic acids is 1. The molecule has 198 valence electrons. The molecule has 0 spiro atoms. The van der Waals surface area contributed by atoms with Gasteiger partial charge in [-0.15, -0.1) is 0 Å². The van der Waals surface area contributed by atoms with Gasteiger partial charge in [0.2, 0.25) is 0 Å². The molecule has 0 radical (unpaired) electrons. The van der Waals surface area contributed by atoms with E-state index >= 15 is 0 Å². The summed E-state index contributed by atoms with van der Waals surface area (Å²) in [7, 11) is 0. The highest BCUT2D eigenvalue weighted by Gasteiger charge is 2.21. The molecule has 0 atom stereocenters. The fraction of sp³-hybridized carbons (Fsp3) is 0.219. The summed E-state index contributed by atoms with van der Waals surface area (Å²) in [5.74, 6) is 0.718. The number of ether oxygens (including phenoxy) is 1. The average molecular weight is 522 g/mol. The molecule has 7 nitrogen and oxygen atoms in total. The van der Waals surface area contributed by atoms with Crippen molar-refractivity contribution in [3.05, 3.63) is 108 Å². The number of hydrogen-bond donors (Lipinski definition) is 2. The Hall–Kier alpha value is -4.65. The Morgan fingerprint density at radius 1 is 0.974 bits per heavy atom. The lowest BCUT2D eigenvalue weighted by Gasteiger charge is -2.32. The van der Waals surface area contributed by atoms with Crippen LogP contribution in [0.1, 0.15) is 39.1 Å². The molecule has 3 aromatic carbocycles. The number of hydrogen-bond acceptors (Lipinski definition) is 5. The minimum absolute atomic E-state index is 0.171. The first-order valence-electron chi connectivity index (χ1n) is 13.1. The van der Waals surface area contributed by atoms with Gasteiger partial charge in [0.15, 0.2) is 0 Å². The van der Waals surface area contributed by atoms with Gasteiger partial charge in [0, 0.05) is 18.7 Å². The molecule has 4 aromatic rings. The third-order valence-electron chi connectivity index (χ3n) is 7.05. The summed E-state index contributed by atoms with van der Waals surface area (Å²) < 4.78 is 5.87. The molecule has 2 N–H and O–H groups in total. The Bertz CT molecular complexity index is 1440. The highest BCUT2D eigenvalue weighted by molar-refractivity contribution is 6.08. The molecule has 7 heteroatoms. The summed E-state index contributed by atoms with van der Waals surface area (Å²) in [5, 5.41) is 12.1. The van der Waals surface area contributed by atoms with Crippen LogP contribution in [0.2, 0.25) is 0 Å². The second-order valence-corrected chi connectivity index (χ2v) is 9.85. The SMILES string of the molecule is Cc1ccc(-c2ccccc2C(=O)Nc2ccc(N3CCC(COc4cccc(C(=O)O)c4)CC3)nc2)cc1. The van der Waals surface area contributed by atoms with Crippen molar-refractivity contribution >= 4 is 23.4 Å². The third-order valence-corrected chi connectivity index (χ3v) is 7.05. The van der Waals surface area contributed by atoms with Gasteiger partial charge in [-0.25, -0.2) is 9.78 Å². The third kappa shape index (κ3) is 6.44. The number of aromatic nitrogens is 1. The quantitative estimate of drug-likeness (QED) is 0.283. The van der Waals surface area contributed by atoms with Gasteiger partial charge in [0.25, 0.3) is 5.91 Å². The van der Waals surface area contributed by atoms with E-state index in [2.05, 4.69) is 15.2 Å². The number of amides is 1. The zero-order valence-corrected chi connectivity index (χ0v) is 21.8. The van der Waals surface area contributed by atoms with E-state index in [0.29, 0.717) is 29.5 Å². The van der Waals surface area contributed by atoms with Gasteiger partial charge in [-0.05, 0) is 73.2 Å². The van der Waals surface area contributed by atoms with Crippen molar-refractivity contribution in [1.29, 1.82) is 0 Å². The molecule has 1 fully saturated rings. The van der Waals surface area contributed by atoms with Gasteiger partial charge in [-0.1, -0.05) is 54.1 Å². The molecular formula is C32H31N3O4. The summed E-state index contributed by atoms with van der Waals surface area (Å²) >= 11 is 0. The summed E-state index contributed by atoms with van der Waals surface area (Å²) in [6.07, 6.45) is 3.61. The maximum Gasteiger partial charge on any atom is 0.335 e. The molecular weight excluding hydrogens is 490 g/mol. The number of aromatic carboxylic acids is 1. The Kier molecular flexibility index (Phi) is 7.87. The van der Waals surface area contributed by atoms with Crippen LogP contribution < -0.4 is 15.0 Å². The molecule has 1 saturated heterocycles. The summed E-state index contributed by atoms with van der Waals surface area (Å²) in [6, 6.07) is 26.2. The van der Waals surface area contributed by atoms with Crippen LogP contribution in [-0.2, 0) is 0 Å². The molecule has 5 rings (SSSR count). The Labute approximate surface area is 228 Å². The topological polar surface area (TPSA) is 91.8 Å². The first-order valence-corrected chi connectivity index (χ1v) is 13.1. The van der Waals surface area contributed by atoms with E-state index < -0.39 is 5.97 Å². The van der Waals surface area contributed by atoms with Gasteiger partial charge in [0.05, 0.1) is 24.1 Å². The number of pyridine rings is 1. The fourth-order valence-electron chi connectivity index (χ4n) is 4.77. The molecule has 0 unspecified atom stereocenters. The molecule has 0 saturated carbocycles. The monoisotopic (exact) mass is 521 g/mol. The number of piperidine rings is 1. The number of rotatable bonds is 8. The smallest absolute Gasteiger partial charge is 0.335 e. The van der Waals surface area contributed by atoms with Crippen LogP contribution in [0, 0.1) is 12.8 Å². The molecule has 1 aliphatic rings. The van der Waals surface area contributed by atoms with E-state index in [1.54, 1.807) is 30.5 Å². The normalized spacial score (nSPS) is 13.6. The van der Waals surface area contributed by atoms with Crippen LogP contribution in [-0.4, -0.2) is 41.7 Å². The molecule has 1 amide bonds. The standard InChI is InChI=1S/C32H31N3O4/c1-22-9-11-24(12-10-22)28-7-2-3-8-29(28)31(36)34-26-13-14-30(33-20-26)35-17-15-23(16-18-35)21-39-27-6-4-5-25(19-27)32(37)38/h2-14,19-20,23H,15-18,21H2,1H3,(H,34,36)(H,37,38). The van der Waals surface area contributed by atoms with Crippen molar-refractivity contribution in [2.24, 2.45) is 5.92 Å². The maximum absolute atomic E-state index is 13.1. The van der Waals surface area contributed by atoms with Gasteiger partial charge >= 0.3 is 5.97 Å². The number of nitrogens with one attached hydrogen (secondary N) is 1. The second-order valence-electron chi connectivity index (χ2n) is 9.85. The van der Waals surface area contributed by atoms with Gasteiger partial charge in [-0.2, -0.15) is 0 Å². The van der Waals surface area contributed by atoms with E-state index in [9.17, 15) is 9.59 Å². The zero-order chi connectivity index (χ0) is 27.2. The van der Waals surface area contributed by atoms with Crippen LogP contribution in [0.25, 0.3) is 11.1 Å². The average Bonchev–Trinajstić information content (AvgIpc) is 2.97. The maximum atomic E-state index is 13.1. The zero-order valence-electron chi connectivity index (χ0n) is 21.8. The predicted molar refractivity (Wildman–Crippen MR) is 153 cm³/mol. The van der Waals surface area contributed by atoms with Crippen molar-refractivity contribution in [3.63, 3.8) is 0 Å². The first-order chi connectivity index (χ1) is 19.0. The highest BCUT2D eigenvalue weighted by Crippen LogP contribution is 2.27. The summed E-state index contributed by atoms with van der Waals surface area (Å²) in [4.78, 5) is 31.1. The first kappa shape index (κ1) is 26.0. The number of aryl methyl sites for hydroxylation is 1. The minimum atomic E-state index is -0.959. The van der Waals surface area contributed by atoms with Crippen LogP contribution in [0.4, 0.5) is 11.5 Å². The molecule has 0 aliphatic carbocycles. The lowest BCUT2D eigenvalue weighted by molar-refractivity contribution is 0.0696. The Balaban J connectivity index is 1.15. The van der Waals surface area contributed by atoms with Crippen molar-refractivity contribution in [2.75, 3.05) is 29.9 Å². The van der Waals surface area contributed by atoms with Crippen LogP contribution in [0.3, 0.4) is 0 Å². The number of carbonyl (C=O) groups is 2. The number of nitrogens with zero attached hydrogens (tertiary/aromatic N) is 2. The van der Waals surface area contributed by atoms with E-state index in [1.165, 1.54) is 5.56 Å². The Morgan fingerprint density at radius 3 is 2.46 bits per heavy atom. The van der Waals surface area contributed by atoms with Crippen LogP contribution in [0.15, 0.2) is 91.1 Å². The number of anilines is 2. The number of carboxylic acid groups (broad SMARTS) is 1. The van der Waals surface area contributed by atoms with Crippen LogP contribution >= 0.6 is 0 Å². The molecule has 1 aromatic heterocycles. The molecule has 2 heterocycles. The number of benzene rings is 3. The largest absolute Gasteiger partial charge is 0.493 e. The van der Waals surface area contributed by atoms with Gasteiger partial charge < -0.3 is 20.1 Å². The summed E-state index contributed by atoms with van der Waals surface area (Å²) in [6.45, 7) is 4.30. The molecule has 1 aliphatic heterocycles. The second kappa shape index (κ2) is 11.8.